The van der Waals surface area contributed by atoms with Crippen LogP contribution in [-0.4, -0.2) is 41.3 Å². The van der Waals surface area contributed by atoms with Crippen LogP contribution in [0.15, 0.2) is 0 Å². The maximum atomic E-state index is 13.8. The summed E-state index contributed by atoms with van der Waals surface area (Å²) in [6, 6.07) is 0. The average Bonchev–Trinajstić information content (AvgIpc) is 2.10. The molecule has 0 bridgehead atoms. The highest BCUT2D eigenvalue weighted by atomic mass is 35.5. The van der Waals surface area contributed by atoms with Gasteiger partial charge in [0.05, 0.1) is 11.5 Å². The van der Waals surface area contributed by atoms with Gasteiger partial charge in [-0.25, -0.2) is 4.39 Å². The van der Waals surface area contributed by atoms with E-state index in [0.717, 1.165) is 6.92 Å². The van der Waals surface area contributed by atoms with E-state index in [0.29, 0.717) is 0 Å². The average molecular weight is 315 g/mol. The molecular formula is C6H14ClFO7P2. The molecule has 0 radical (unpaired) electrons. The summed E-state index contributed by atoms with van der Waals surface area (Å²) >= 11 is 5.29. The van der Waals surface area contributed by atoms with Crippen LogP contribution in [0.4, 0.5) is 4.39 Å². The summed E-state index contributed by atoms with van der Waals surface area (Å²) in [7, 11) is -11.4. The van der Waals surface area contributed by atoms with E-state index in [2.05, 4.69) is 0 Å². The standard InChI is InChI=1S/C6H14ClFO7P2/c1-5(9,4-7)2-3-6(8,16(10,11)12)17(13,14)15/h9H,2-4H2,1H3,(H2,10,11,12)(H2,13,14,15). The summed E-state index contributed by atoms with van der Waals surface area (Å²) < 4.78 is 35.4. The van der Waals surface area contributed by atoms with Crippen molar-refractivity contribution in [1.29, 1.82) is 0 Å². The molecular weight excluding hydrogens is 300 g/mol. The van der Waals surface area contributed by atoms with Crippen LogP contribution in [0, 0.1) is 0 Å². The minimum Gasteiger partial charge on any atom is -0.389 e. The second-order valence-corrected chi connectivity index (χ2v) is 8.15. The number of halogens is 2. The van der Waals surface area contributed by atoms with Gasteiger partial charge < -0.3 is 24.7 Å². The first kappa shape index (κ1) is 17.5. The quantitative estimate of drug-likeness (QED) is 0.360. The molecule has 0 saturated heterocycles. The third-order valence-corrected chi connectivity index (χ3v) is 6.53. The Morgan fingerprint density at radius 1 is 1.12 bits per heavy atom. The van der Waals surface area contributed by atoms with Crippen molar-refractivity contribution >= 4 is 26.8 Å². The monoisotopic (exact) mass is 314 g/mol. The molecule has 0 aliphatic carbocycles. The zero-order chi connectivity index (χ0) is 14.1. The Morgan fingerprint density at radius 3 is 1.71 bits per heavy atom. The Hall–Kier alpha value is 0.480. The second kappa shape index (κ2) is 5.23. The molecule has 17 heavy (non-hydrogen) atoms. The number of alkyl halides is 2. The van der Waals surface area contributed by atoms with Gasteiger partial charge in [0.15, 0.2) is 0 Å². The first-order valence-corrected chi connectivity index (χ1v) is 8.11. The van der Waals surface area contributed by atoms with Crippen molar-refractivity contribution in [3.63, 3.8) is 0 Å². The van der Waals surface area contributed by atoms with Gasteiger partial charge in [0, 0.05) is 6.42 Å². The van der Waals surface area contributed by atoms with E-state index in [1.165, 1.54) is 0 Å². The first-order valence-electron chi connectivity index (χ1n) is 4.35. The van der Waals surface area contributed by atoms with Crippen LogP contribution in [-0.2, 0) is 9.13 Å². The van der Waals surface area contributed by atoms with Gasteiger partial charge in [0.1, 0.15) is 0 Å². The van der Waals surface area contributed by atoms with Crippen molar-refractivity contribution < 1.29 is 38.2 Å². The van der Waals surface area contributed by atoms with Gasteiger partial charge in [-0.2, -0.15) is 0 Å². The SMILES string of the molecule is CC(O)(CCl)CCC(F)(P(=O)(O)O)P(=O)(O)O. The number of rotatable bonds is 6. The molecule has 0 saturated carbocycles. The smallest absolute Gasteiger partial charge is 0.375 e. The van der Waals surface area contributed by atoms with Gasteiger partial charge in [-0.05, 0) is 13.3 Å². The fourth-order valence-corrected chi connectivity index (χ4v) is 3.25. The number of hydrogen-bond donors (Lipinski definition) is 5. The molecule has 1 atom stereocenters. The van der Waals surface area contributed by atoms with E-state index >= 15 is 0 Å². The van der Waals surface area contributed by atoms with Gasteiger partial charge >= 0.3 is 20.3 Å². The molecule has 0 aliphatic heterocycles. The number of hydrogen-bond acceptors (Lipinski definition) is 3. The van der Waals surface area contributed by atoms with Crippen LogP contribution >= 0.6 is 26.8 Å². The summed E-state index contributed by atoms with van der Waals surface area (Å²) in [6.07, 6.45) is -1.81. The van der Waals surface area contributed by atoms with Crippen molar-refractivity contribution in [3.8, 4) is 0 Å². The molecule has 0 aromatic rings. The van der Waals surface area contributed by atoms with Gasteiger partial charge in [-0.1, -0.05) is 0 Å². The Morgan fingerprint density at radius 2 is 1.47 bits per heavy atom. The largest absolute Gasteiger partial charge is 0.389 e. The number of aliphatic hydroxyl groups is 1. The maximum Gasteiger partial charge on any atom is 0.375 e. The zero-order valence-electron chi connectivity index (χ0n) is 8.82. The van der Waals surface area contributed by atoms with Gasteiger partial charge in [0.25, 0.3) is 0 Å². The minimum absolute atomic E-state index is 0.370. The summed E-state index contributed by atoms with van der Waals surface area (Å²) in [4.78, 5) is 34.7. The van der Waals surface area contributed by atoms with E-state index in [1.807, 2.05) is 0 Å². The predicted molar refractivity (Wildman–Crippen MR) is 58.5 cm³/mol. The van der Waals surface area contributed by atoms with Crippen LogP contribution in [0.5, 0.6) is 0 Å². The normalized spacial score (nSPS) is 17.9. The third kappa shape index (κ3) is 4.26. The lowest BCUT2D eigenvalue weighted by atomic mass is 10.0. The highest BCUT2D eigenvalue weighted by Crippen LogP contribution is 2.72. The Labute approximate surface area is 102 Å². The summed E-state index contributed by atoms with van der Waals surface area (Å²) in [5.41, 5.74) is -1.68. The molecule has 0 spiro atoms. The molecule has 104 valence electrons. The second-order valence-electron chi connectivity index (χ2n) is 3.94. The molecule has 0 aliphatic rings. The van der Waals surface area contributed by atoms with Crippen molar-refractivity contribution in [2.45, 2.75) is 30.5 Å². The highest BCUT2D eigenvalue weighted by Gasteiger charge is 2.61. The molecule has 0 rings (SSSR count). The molecule has 5 N–H and O–H groups in total. The lowest BCUT2D eigenvalue weighted by molar-refractivity contribution is 0.0618. The van der Waals surface area contributed by atoms with E-state index < -0.39 is 38.8 Å². The van der Waals surface area contributed by atoms with Crippen molar-refractivity contribution in [2.24, 2.45) is 0 Å². The Bertz CT molecular complexity index is 339. The fraction of sp³-hybridized carbons (Fsp3) is 1.00. The Kier molecular flexibility index (Phi) is 5.38. The molecule has 0 aromatic carbocycles. The van der Waals surface area contributed by atoms with E-state index in [4.69, 9.17) is 31.2 Å². The first-order chi connectivity index (χ1) is 7.27. The molecule has 7 nitrogen and oxygen atoms in total. The Balaban J connectivity index is 5.16. The lowest BCUT2D eigenvalue weighted by Gasteiger charge is -2.29. The van der Waals surface area contributed by atoms with Crippen LogP contribution in [0.3, 0.4) is 0 Å². The van der Waals surface area contributed by atoms with Crippen LogP contribution in [0.25, 0.3) is 0 Å². The summed E-state index contributed by atoms with van der Waals surface area (Å²) in [6.45, 7) is 1.15. The third-order valence-electron chi connectivity index (χ3n) is 2.16. The predicted octanol–water partition coefficient (Wildman–Crippen LogP) is 0.735. The lowest BCUT2D eigenvalue weighted by Crippen LogP contribution is -2.31. The maximum absolute atomic E-state index is 13.8. The molecule has 11 heteroatoms. The van der Waals surface area contributed by atoms with Crippen molar-refractivity contribution in [1.82, 2.24) is 0 Å². The van der Waals surface area contributed by atoms with Crippen molar-refractivity contribution in [3.05, 3.63) is 0 Å². The summed E-state index contributed by atoms with van der Waals surface area (Å²) in [5, 5.41) is 5.41. The van der Waals surface area contributed by atoms with E-state index in [1.54, 1.807) is 0 Å². The van der Waals surface area contributed by atoms with Crippen LogP contribution in [0.2, 0.25) is 0 Å². The zero-order valence-corrected chi connectivity index (χ0v) is 11.4. The molecule has 1 unspecified atom stereocenters. The van der Waals surface area contributed by atoms with Crippen LogP contribution in [0.1, 0.15) is 19.8 Å². The van der Waals surface area contributed by atoms with Gasteiger partial charge in [0.2, 0.25) is 0 Å². The molecule has 0 heterocycles. The van der Waals surface area contributed by atoms with E-state index in [9.17, 15) is 18.6 Å². The molecule has 0 amide bonds. The van der Waals surface area contributed by atoms with Gasteiger partial charge in [-0.15, -0.1) is 11.6 Å². The molecule has 0 fully saturated rings. The van der Waals surface area contributed by atoms with Crippen molar-refractivity contribution in [2.75, 3.05) is 5.88 Å². The molecule has 0 aromatic heterocycles. The minimum atomic E-state index is -5.69. The topological polar surface area (TPSA) is 135 Å². The summed E-state index contributed by atoms with van der Waals surface area (Å²) in [5.74, 6) is -0.370. The highest BCUT2D eigenvalue weighted by molar-refractivity contribution is 7.72. The fourth-order valence-electron chi connectivity index (χ4n) is 0.956. The van der Waals surface area contributed by atoms with Crippen LogP contribution < -0.4 is 0 Å². The van der Waals surface area contributed by atoms with Gasteiger partial charge in [-0.3, -0.25) is 9.13 Å². The van der Waals surface area contributed by atoms with E-state index in [-0.39, 0.29) is 5.88 Å².